The maximum absolute atomic E-state index is 12.5. The molecule has 6 heteroatoms. The van der Waals surface area contributed by atoms with Crippen LogP contribution in [0.3, 0.4) is 0 Å². The molecule has 0 aromatic heterocycles. The second-order valence-electron chi connectivity index (χ2n) is 7.28. The van der Waals surface area contributed by atoms with Crippen molar-refractivity contribution < 1.29 is 22.6 Å². The Morgan fingerprint density at radius 3 is 2.48 bits per heavy atom. The fourth-order valence-electron chi connectivity index (χ4n) is 3.51. The largest absolute Gasteiger partial charge is 0.573 e. The van der Waals surface area contributed by atoms with Crippen LogP contribution in [0.1, 0.15) is 25.3 Å². The Balaban J connectivity index is 1.72. The lowest BCUT2D eigenvalue weighted by molar-refractivity contribution is -0.274. The molecule has 2 atom stereocenters. The highest BCUT2D eigenvalue weighted by Crippen LogP contribution is 2.36. The summed E-state index contributed by atoms with van der Waals surface area (Å²) < 4.78 is 47.8. The summed E-state index contributed by atoms with van der Waals surface area (Å²) in [6.07, 6.45) is 2.93. The molecule has 0 saturated carbocycles. The van der Waals surface area contributed by atoms with E-state index in [-0.39, 0.29) is 11.7 Å². The minimum Gasteiger partial charge on any atom is -0.483 e. The Morgan fingerprint density at radius 2 is 1.79 bits per heavy atom. The number of nitrogens with two attached hydrogens (primary N) is 1. The maximum atomic E-state index is 12.5. The van der Waals surface area contributed by atoms with Gasteiger partial charge in [0, 0.05) is 18.0 Å². The van der Waals surface area contributed by atoms with Gasteiger partial charge in [0.15, 0.2) is 0 Å². The van der Waals surface area contributed by atoms with Crippen molar-refractivity contribution in [3.8, 4) is 11.5 Å². The number of rotatable bonds is 7. The summed E-state index contributed by atoms with van der Waals surface area (Å²) in [4.78, 5) is 0. The highest BCUT2D eigenvalue weighted by atomic mass is 19.4. The second-order valence-corrected chi connectivity index (χ2v) is 7.28. The van der Waals surface area contributed by atoms with Gasteiger partial charge in [0.05, 0.1) is 0 Å². The predicted octanol–water partition coefficient (Wildman–Crippen LogP) is 5.77. The van der Waals surface area contributed by atoms with Crippen molar-refractivity contribution >= 4 is 0 Å². The van der Waals surface area contributed by atoms with Crippen LogP contribution < -0.4 is 15.2 Å². The molecule has 3 nitrogen and oxygen atoms in total. The first-order valence-corrected chi connectivity index (χ1v) is 9.48. The van der Waals surface area contributed by atoms with E-state index in [9.17, 15) is 13.2 Å². The van der Waals surface area contributed by atoms with Gasteiger partial charge in [-0.15, -0.1) is 13.2 Å². The first-order chi connectivity index (χ1) is 13.8. The molecule has 0 aliphatic heterocycles. The lowest BCUT2D eigenvalue weighted by Crippen LogP contribution is -2.43. The van der Waals surface area contributed by atoms with Crippen molar-refractivity contribution in [3.63, 3.8) is 0 Å². The summed E-state index contributed by atoms with van der Waals surface area (Å²) in [5.74, 6) is 0.611. The van der Waals surface area contributed by atoms with Gasteiger partial charge in [0.25, 0.3) is 0 Å². The number of allylic oxidation sites excluding steroid dienone is 2. The summed E-state index contributed by atoms with van der Waals surface area (Å²) in [7, 11) is 0. The van der Waals surface area contributed by atoms with Crippen molar-refractivity contribution in [3.05, 3.63) is 84.1 Å². The quantitative estimate of drug-likeness (QED) is 0.638. The monoisotopic (exact) mass is 403 g/mol. The molecule has 0 radical (unpaired) electrons. The van der Waals surface area contributed by atoms with Gasteiger partial charge in [-0.3, -0.25) is 0 Å². The molecule has 154 valence electrons. The molecular weight excluding hydrogens is 379 g/mol. The van der Waals surface area contributed by atoms with Gasteiger partial charge in [-0.1, -0.05) is 43.3 Å². The average molecular weight is 403 g/mol. The molecule has 29 heavy (non-hydrogen) atoms. The van der Waals surface area contributed by atoms with Crippen LogP contribution in [0.15, 0.2) is 78.5 Å². The third kappa shape index (κ3) is 5.79. The number of benzene rings is 2. The van der Waals surface area contributed by atoms with Crippen LogP contribution in [0.4, 0.5) is 13.2 Å². The molecule has 0 spiro atoms. The van der Waals surface area contributed by atoms with E-state index in [0.717, 1.165) is 17.0 Å². The molecule has 1 aliphatic carbocycles. The van der Waals surface area contributed by atoms with Gasteiger partial charge in [0.1, 0.15) is 17.1 Å². The van der Waals surface area contributed by atoms with Crippen LogP contribution in [0.5, 0.6) is 11.5 Å². The smallest absolute Gasteiger partial charge is 0.483 e. The van der Waals surface area contributed by atoms with Crippen LogP contribution in [0.25, 0.3) is 0 Å². The first kappa shape index (κ1) is 20.8. The van der Waals surface area contributed by atoms with E-state index >= 15 is 0 Å². The number of aryl methyl sites for hydroxylation is 1. The molecule has 0 heterocycles. The third-order valence-corrected chi connectivity index (χ3v) is 5.05. The Hall–Kier alpha value is -2.89. The maximum Gasteiger partial charge on any atom is 0.573 e. The Kier molecular flexibility index (Phi) is 6.20. The Bertz CT molecular complexity index is 877. The SMILES string of the molecule is CC(CCc1cccc(OC(F)(F)F)c1)C1(Oc2ccccc2)C=CC=C(N)C1. The van der Waals surface area contributed by atoms with Gasteiger partial charge in [-0.25, -0.2) is 0 Å². The predicted molar refractivity (Wildman–Crippen MR) is 106 cm³/mol. The minimum atomic E-state index is -4.70. The first-order valence-electron chi connectivity index (χ1n) is 9.48. The molecule has 0 bridgehead atoms. The number of para-hydroxylation sites is 1. The van der Waals surface area contributed by atoms with Gasteiger partial charge in [-0.05, 0) is 54.8 Å². The number of hydrogen-bond donors (Lipinski definition) is 1. The summed E-state index contributed by atoms with van der Waals surface area (Å²) in [6.45, 7) is 2.07. The van der Waals surface area contributed by atoms with Crippen molar-refractivity contribution in [2.24, 2.45) is 11.7 Å². The van der Waals surface area contributed by atoms with Crippen molar-refractivity contribution in [2.75, 3.05) is 0 Å². The van der Waals surface area contributed by atoms with Crippen LogP contribution in [0.2, 0.25) is 0 Å². The van der Waals surface area contributed by atoms with Crippen LogP contribution >= 0.6 is 0 Å². The molecular formula is C23H24F3NO2. The molecule has 1 aliphatic rings. The lowest BCUT2D eigenvalue weighted by Gasteiger charge is -2.39. The van der Waals surface area contributed by atoms with E-state index in [1.54, 1.807) is 12.1 Å². The van der Waals surface area contributed by atoms with Gasteiger partial charge >= 0.3 is 6.36 Å². The van der Waals surface area contributed by atoms with Crippen molar-refractivity contribution in [2.45, 2.75) is 38.1 Å². The number of hydrogen-bond acceptors (Lipinski definition) is 3. The molecule has 2 unspecified atom stereocenters. The highest BCUT2D eigenvalue weighted by Gasteiger charge is 2.37. The zero-order chi connectivity index (χ0) is 20.9. The standard InChI is InChI=1S/C23H24F3NO2/c1-17(12-13-18-7-5-11-21(15-18)29-23(24,25)26)22(14-6-8-19(27)16-22)28-20-9-3-2-4-10-20/h2-11,14-15,17H,12-13,16,27H2,1H3. The highest BCUT2D eigenvalue weighted by molar-refractivity contribution is 5.31. The molecule has 0 amide bonds. The topological polar surface area (TPSA) is 44.5 Å². The Morgan fingerprint density at radius 1 is 1.07 bits per heavy atom. The molecule has 0 saturated heterocycles. The van der Waals surface area contributed by atoms with Crippen molar-refractivity contribution in [1.82, 2.24) is 0 Å². The summed E-state index contributed by atoms with van der Waals surface area (Å²) >= 11 is 0. The number of ether oxygens (including phenoxy) is 2. The third-order valence-electron chi connectivity index (χ3n) is 5.05. The second kappa shape index (κ2) is 8.64. The van der Waals surface area contributed by atoms with Gasteiger partial charge < -0.3 is 15.2 Å². The van der Waals surface area contributed by atoms with Crippen LogP contribution in [0, 0.1) is 5.92 Å². The lowest BCUT2D eigenvalue weighted by atomic mass is 9.79. The van der Waals surface area contributed by atoms with Gasteiger partial charge in [0.2, 0.25) is 0 Å². The van der Waals surface area contributed by atoms with Gasteiger partial charge in [-0.2, -0.15) is 0 Å². The Labute approximate surface area is 168 Å². The fraction of sp³-hybridized carbons (Fsp3) is 0.304. The molecule has 2 aromatic carbocycles. The molecule has 0 fully saturated rings. The molecule has 2 N–H and O–H groups in total. The zero-order valence-electron chi connectivity index (χ0n) is 16.2. The summed E-state index contributed by atoms with van der Waals surface area (Å²) in [5.41, 5.74) is 6.99. The zero-order valence-corrected chi connectivity index (χ0v) is 16.2. The van der Waals surface area contributed by atoms with E-state index in [0.29, 0.717) is 19.3 Å². The van der Waals surface area contributed by atoms with E-state index in [4.69, 9.17) is 10.5 Å². The number of halogens is 3. The molecule has 3 rings (SSSR count). The van der Waals surface area contributed by atoms with E-state index in [1.807, 2.05) is 48.6 Å². The molecule has 2 aromatic rings. The normalized spacial score (nSPS) is 20.1. The number of alkyl halides is 3. The minimum absolute atomic E-state index is 0.0680. The average Bonchev–Trinajstić information content (AvgIpc) is 2.66. The van der Waals surface area contributed by atoms with E-state index < -0.39 is 12.0 Å². The summed E-state index contributed by atoms with van der Waals surface area (Å²) in [6, 6.07) is 15.6. The summed E-state index contributed by atoms with van der Waals surface area (Å²) in [5, 5.41) is 0. The van der Waals surface area contributed by atoms with Crippen LogP contribution in [-0.4, -0.2) is 12.0 Å². The van der Waals surface area contributed by atoms with Crippen LogP contribution in [-0.2, 0) is 6.42 Å². The van der Waals surface area contributed by atoms with Crippen molar-refractivity contribution in [1.29, 1.82) is 0 Å². The van der Waals surface area contributed by atoms with E-state index in [2.05, 4.69) is 11.7 Å². The fourth-order valence-corrected chi connectivity index (χ4v) is 3.51. The van der Waals surface area contributed by atoms with E-state index in [1.165, 1.54) is 12.1 Å².